The maximum absolute atomic E-state index is 11.5. The topological polar surface area (TPSA) is 78.3 Å². The third-order valence-electron chi connectivity index (χ3n) is 2.40. The molecule has 0 saturated heterocycles. The Bertz CT molecular complexity index is 217. The Kier molecular flexibility index (Phi) is 3.17. The SMILES string of the molecule is CC(C)(C)OC(=O)C(N)C1CC(N)C1. The Hall–Kier alpha value is -0.610. The highest BCUT2D eigenvalue weighted by Gasteiger charge is 2.36. The minimum Gasteiger partial charge on any atom is -0.459 e. The van der Waals surface area contributed by atoms with Gasteiger partial charge in [0.2, 0.25) is 0 Å². The van der Waals surface area contributed by atoms with E-state index in [1.807, 2.05) is 20.8 Å². The molecule has 4 N–H and O–H groups in total. The normalized spacial score (nSPS) is 29.2. The van der Waals surface area contributed by atoms with Gasteiger partial charge in [-0.3, -0.25) is 4.79 Å². The van der Waals surface area contributed by atoms with Crippen molar-refractivity contribution in [1.82, 2.24) is 0 Å². The lowest BCUT2D eigenvalue weighted by Crippen LogP contribution is -2.51. The van der Waals surface area contributed by atoms with Gasteiger partial charge in [-0.25, -0.2) is 0 Å². The summed E-state index contributed by atoms with van der Waals surface area (Å²) in [4.78, 5) is 11.5. The summed E-state index contributed by atoms with van der Waals surface area (Å²) >= 11 is 0. The van der Waals surface area contributed by atoms with Crippen LogP contribution in [0.3, 0.4) is 0 Å². The van der Waals surface area contributed by atoms with Gasteiger partial charge in [-0.05, 0) is 39.5 Å². The molecule has 1 saturated carbocycles. The van der Waals surface area contributed by atoms with Gasteiger partial charge >= 0.3 is 5.97 Å². The van der Waals surface area contributed by atoms with E-state index >= 15 is 0 Å². The molecule has 1 aliphatic carbocycles. The molecule has 1 aliphatic rings. The van der Waals surface area contributed by atoms with Crippen LogP contribution < -0.4 is 11.5 Å². The minimum absolute atomic E-state index is 0.208. The summed E-state index contributed by atoms with van der Waals surface area (Å²) in [5.41, 5.74) is 10.9. The van der Waals surface area contributed by atoms with Gasteiger partial charge in [0.15, 0.2) is 0 Å². The van der Waals surface area contributed by atoms with Gasteiger partial charge in [0.05, 0.1) is 0 Å². The molecule has 1 rings (SSSR count). The maximum atomic E-state index is 11.5. The second kappa shape index (κ2) is 3.87. The van der Waals surface area contributed by atoms with Crippen LogP contribution in [0.15, 0.2) is 0 Å². The van der Waals surface area contributed by atoms with Crippen molar-refractivity contribution in [2.24, 2.45) is 17.4 Å². The molecule has 14 heavy (non-hydrogen) atoms. The molecule has 0 aromatic carbocycles. The van der Waals surface area contributed by atoms with Crippen LogP contribution in [0.25, 0.3) is 0 Å². The monoisotopic (exact) mass is 200 g/mol. The van der Waals surface area contributed by atoms with Gasteiger partial charge in [-0.1, -0.05) is 0 Å². The number of esters is 1. The number of ether oxygens (including phenoxy) is 1. The largest absolute Gasteiger partial charge is 0.459 e. The molecular formula is C10H20N2O2. The molecule has 4 nitrogen and oxygen atoms in total. The van der Waals surface area contributed by atoms with Gasteiger partial charge < -0.3 is 16.2 Å². The zero-order chi connectivity index (χ0) is 10.9. The molecule has 82 valence electrons. The van der Waals surface area contributed by atoms with Crippen LogP contribution in [-0.4, -0.2) is 23.7 Å². The summed E-state index contributed by atoms with van der Waals surface area (Å²) in [6.07, 6.45) is 1.67. The van der Waals surface area contributed by atoms with Gasteiger partial charge in [0.25, 0.3) is 0 Å². The van der Waals surface area contributed by atoms with Gasteiger partial charge in [0, 0.05) is 6.04 Å². The average Bonchev–Trinajstić information content (AvgIpc) is 1.94. The predicted molar refractivity (Wildman–Crippen MR) is 54.5 cm³/mol. The Labute approximate surface area is 85.0 Å². The highest BCUT2D eigenvalue weighted by atomic mass is 16.6. The number of carbonyl (C=O) groups is 1. The van der Waals surface area contributed by atoms with Crippen molar-refractivity contribution >= 4 is 5.97 Å². The van der Waals surface area contributed by atoms with E-state index in [0.29, 0.717) is 0 Å². The summed E-state index contributed by atoms with van der Waals surface area (Å²) in [5.74, 6) is -0.103. The minimum atomic E-state index is -0.506. The highest BCUT2D eigenvalue weighted by molar-refractivity contribution is 5.76. The van der Waals surface area contributed by atoms with E-state index in [9.17, 15) is 4.79 Å². The zero-order valence-electron chi connectivity index (χ0n) is 9.12. The quantitative estimate of drug-likeness (QED) is 0.632. The lowest BCUT2D eigenvalue weighted by Gasteiger charge is -2.36. The zero-order valence-corrected chi connectivity index (χ0v) is 9.12. The summed E-state index contributed by atoms with van der Waals surface area (Å²) in [6, 6.07) is -0.289. The highest BCUT2D eigenvalue weighted by Crippen LogP contribution is 2.28. The molecule has 0 aromatic heterocycles. The standard InChI is InChI=1S/C10H20N2O2/c1-10(2,3)14-9(13)8(12)6-4-7(11)5-6/h6-8H,4-5,11-12H2,1-3H3. The van der Waals surface area contributed by atoms with Crippen molar-refractivity contribution in [3.8, 4) is 0 Å². The lowest BCUT2D eigenvalue weighted by molar-refractivity contribution is -0.158. The van der Waals surface area contributed by atoms with Crippen LogP contribution in [0.2, 0.25) is 0 Å². The van der Waals surface area contributed by atoms with Crippen LogP contribution in [-0.2, 0) is 9.53 Å². The van der Waals surface area contributed by atoms with E-state index in [4.69, 9.17) is 16.2 Å². The molecule has 0 aliphatic heterocycles. The number of carbonyl (C=O) groups excluding carboxylic acids is 1. The fraction of sp³-hybridized carbons (Fsp3) is 0.900. The van der Waals surface area contributed by atoms with E-state index in [2.05, 4.69) is 0 Å². The van der Waals surface area contributed by atoms with Crippen molar-refractivity contribution in [3.63, 3.8) is 0 Å². The van der Waals surface area contributed by atoms with Gasteiger partial charge in [-0.2, -0.15) is 0 Å². The Balaban J connectivity index is 2.38. The Morgan fingerprint density at radius 3 is 2.29 bits per heavy atom. The fourth-order valence-corrected chi connectivity index (χ4v) is 1.56. The molecule has 0 aromatic rings. The molecule has 0 amide bonds. The van der Waals surface area contributed by atoms with Gasteiger partial charge in [0.1, 0.15) is 11.6 Å². The molecule has 0 bridgehead atoms. The molecule has 0 radical (unpaired) electrons. The van der Waals surface area contributed by atoms with Crippen LogP contribution in [0.1, 0.15) is 33.6 Å². The maximum Gasteiger partial charge on any atom is 0.323 e. The number of rotatable bonds is 2. The van der Waals surface area contributed by atoms with Crippen molar-refractivity contribution in [3.05, 3.63) is 0 Å². The Morgan fingerprint density at radius 2 is 1.93 bits per heavy atom. The summed E-state index contributed by atoms with van der Waals surface area (Å²) in [5, 5.41) is 0. The van der Waals surface area contributed by atoms with Crippen molar-refractivity contribution < 1.29 is 9.53 Å². The van der Waals surface area contributed by atoms with Crippen LogP contribution in [0.5, 0.6) is 0 Å². The smallest absolute Gasteiger partial charge is 0.323 e. The second-order valence-electron chi connectivity index (χ2n) is 5.05. The van der Waals surface area contributed by atoms with Crippen molar-refractivity contribution in [1.29, 1.82) is 0 Å². The van der Waals surface area contributed by atoms with Crippen LogP contribution in [0.4, 0.5) is 0 Å². The predicted octanol–water partition coefficient (Wildman–Crippen LogP) is 0.393. The number of nitrogens with two attached hydrogens (primary N) is 2. The van der Waals surface area contributed by atoms with E-state index in [1.54, 1.807) is 0 Å². The third-order valence-corrected chi connectivity index (χ3v) is 2.40. The first kappa shape index (κ1) is 11.5. The summed E-state index contributed by atoms with van der Waals surface area (Å²) in [7, 11) is 0. The second-order valence-corrected chi connectivity index (χ2v) is 5.05. The molecule has 1 atom stereocenters. The first-order valence-corrected chi connectivity index (χ1v) is 5.03. The molecule has 1 fully saturated rings. The third kappa shape index (κ3) is 2.96. The molecule has 1 unspecified atom stereocenters. The van der Waals surface area contributed by atoms with E-state index in [-0.39, 0.29) is 17.9 Å². The first-order valence-electron chi connectivity index (χ1n) is 5.03. The number of hydrogen-bond donors (Lipinski definition) is 2. The van der Waals surface area contributed by atoms with Crippen molar-refractivity contribution in [2.45, 2.75) is 51.3 Å². The Morgan fingerprint density at radius 1 is 1.43 bits per heavy atom. The number of hydrogen-bond acceptors (Lipinski definition) is 4. The molecule has 0 spiro atoms. The lowest BCUT2D eigenvalue weighted by atomic mass is 9.76. The van der Waals surface area contributed by atoms with Crippen LogP contribution >= 0.6 is 0 Å². The first-order chi connectivity index (χ1) is 6.29. The van der Waals surface area contributed by atoms with Crippen molar-refractivity contribution in [2.75, 3.05) is 0 Å². The molecular weight excluding hydrogens is 180 g/mol. The van der Waals surface area contributed by atoms with E-state index < -0.39 is 11.6 Å². The van der Waals surface area contributed by atoms with Crippen LogP contribution in [0, 0.1) is 5.92 Å². The van der Waals surface area contributed by atoms with Gasteiger partial charge in [-0.15, -0.1) is 0 Å². The van der Waals surface area contributed by atoms with E-state index in [0.717, 1.165) is 12.8 Å². The summed E-state index contributed by atoms with van der Waals surface area (Å²) in [6.45, 7) is 5.51. The fourth-order valence-electron chi connectivity index (χ4n) is 1.56. The average molecular weight is 200 g/mol. The molecule has 4 heteroatoms. The summed E-state index contributed by atoms with van der Waals surface area (Å²) < 4.78 is 5.19. The van der Waals surface area contributed by atoms with E-state index in [1.165, 1.54) is 0 Å². The molecule has 0 heterocycles.